The van der Waals surface area contributed by atoms with E-state index in [0.29, 0.717) is 61.1 Å². The number of nitrogens with two attached hydrogens (primary N) is 1. The van der Waals surface area contributed by atoms with Gasteiger partial charge < -0.3 is 20.7 Å². The summed E-state index contributed by atoms with van der Waals surface area (Å²) < 4.78 is 8.96. The van der Waals surface area contributed by atoms with Crippen LogP contribution in [0.15, 0.2) is 77.9 Å². The smallest absolute Gasteiger partial charge is 0.335 e. The lowest BCUT2D eigenvalue weighted by Gasteiger charge is -2.38. The van der Waals surface area contributed by atoms with Crippen LogP contribution in [-0.2, 0) is 9.59 Å². The van der Waals surface area contributed by atoms with Gasteiger partial charge in [-0.1, -0.05) is 24.3 Å². The highest BCUT2D eigenvalue weighted by Gasteiger charge is 2.35. The molecule has 4 aromatic rings. The standard InChI is InChI=1S/C28H28N8O4/c29-26-25-27(32-18-31-26)36(20-15-34(16-20)24(38)7-4-13-33-14-12-30-23(37)17-33)28(39)35(25)19-8-10-22(11-9-19)40-21-5-2-1-3-6-21/h1-11,18,20H,12-17H2,(H,30,37)(H2,29,31,32). The molecule has 2 aliphatic rings. The van der Waals surface area contributed by atoms with Gasteiger partial charge in [0.2, 0.25) is 11.8 Å². The average Bonchev–Trinajstić information content (AvgIpc) is 3.22. The molecule has 2 saturated heterocycles. The Kier molecular flexibility index (Phi) is 6.74. The fourth-order valence-corrected chi connectivity index (χ4v) is 4.98. The number of amides is 2. The van der Waals surface area contributed by atoms with E-state index < -0.39 is 0 Å². The third kappa shape index (κ3) is 4.92. The van der Waals surface area contributed by atoms with E-state index in [0.717, 1.165) is 6.54 Å². The third-order valence-electron chi connectivity index (χ3n) is 7.03. The van der Waals surface area contributed by atoms with Crippen LogP contribution < -0.4 is 21.5 Å². The quantitative estimate of drug-likeness (QED) is 0.335. The van der Waals surface area contributed by atoms with Crippen LogP contribution >= 0.6 is 0 Å². The molecule has 2 amide bonds. The summed E-state index contributed by atoms with van der Waals surface area (Å²) in [5.74, 6) is 1.37. The van der Waals surface area contributed by atoms with Crippen molar-refractivity contribution in [1.29, 1.82) is 0 Å². The number of carbonyl (C=O) groups excluding carboxylic acids is 2. The maximum atomic E-state index is 13.7. The summed E-state index contributed by atoms with van der Waals surface area (Å²) >= 11 is 0. The second-order valence-corrected chi connectivity index (χ2v) is 9.71. The number of hydrogen-bond acceptors (Lipinski definition) is 8. The van der Waals surface area contributed by atoms with Crippen LogP contribution in [0.2, 0.25) is 0 Å². The van der Waals surface area contributed by atoms with Crippen molar-refractivity contribution in [2.24, 2.45) is 0 Å². The number of imidazole rings is 1. The number of anilines is 1. The van der Waals surface area contributed by atoms with Gasteiger partial charge in [0.1, 0.15) is 23.3 Å². The molecule has 2 fully saturated rings. The van der Waals surface area contributed by atoms with Crippen LogP contribution in [0.3, 0.4) is 0 Å². The Labute approximate surface area is 229 Å². The number of fused-ring (bicyclic) bond motifs is 1. The van der Waals surface area contributed by atoms with Gasteiger partial charge in [-0.05, 0) is 36.4 Å². The van der Waals surface area contributed by atoms with Crippen LogP contribution in [0.5, 0.6) is 11.5 Å². The number of para-hydroxylation sites is 1. The van der Waals surface area contributed by atoms with Crippen LogP contribution in [0.1, 0.15) is 6.04 Å². The van der Waals surface area contributed by atoms with E-state index in [9.17, 15) is 14.4 Å². The second-order valence-electron chi connectivity index (χ2n) is 9.71. The van der Waals surface area contributed by atoms with E-state index in [1.807, 2.05) is 35.2 Å². The number of carbonyl (C=O) groups is 2. The summed E-state index contributed by atoms with van der Waals surface area (Å²) in [6, 6.07) is 16.3. The summed E-state index contributed by atoms with van der Waals surface area (Å²) in [7, 11) is 0. The first-order valence-electron chi connectivity index (χ1n) is 13.0. The van der Waals surface area contributed by atoms with Gasteiger partial charge in [0.15, 0.2) is 11.5 Å². The molecular formula is C28H28N8O4. The first-order chi connectivity index (χ1) is 19.5. The van der Waals surface area contributed by atoms with Gasteiger partial charge in [-0.15, -0.1) is 0 Å². The van der Waals surface area contributed by atoms with Gasteiger partial charge in [-0.25, -0.2) is 14.8 Å². The molecule has 204 valence electrons. The summed E-state index contributed by atoms with van der Waals surface area (Å²) in [5, 5.41) is 2.78. The van der Waals surface area contributed by atoms with Gasteiger partial charge in [-0.2, -0.15) is 0 Å². The van der Waals surface area contributed by atoms with E-state index in [2.05, 4.69) is 15.3 Å². The molecule has 6 rings (SSSR count). The Bertz CT molecular complexity index is 1640. The fraction of sp³-hybridized carbons (Fsp3) is 0.250. The maximum absolute atomic E-state index is 13.7. The molecule has 4 heterocycles. The molecule has 0 spiro atoms. The lowest BCUT2D eigenvalue weighted by atomic mass is 10.1. The molecule has 0 radical (unpaired) electrons. The van der Waals surface area contributed by atoms with Gasteiger partial charge >= 0.3 is 5.69 Å². The molecule has 0 unspecified atom stereocenters. The van der Waals surface area contributed by atoms with Crippen molar-refractivity contribution in [2.45, 2.75) is 6.04 Å². The Morgan fingerprint density at radius 2 is 1.80 bits per heavy atom. The molecule has 0 saturated carbocycles. The number of hydrogen-bond donors (Lipinski definition) is 2. The first kappa shape index (κ1) is 25.3. The predicted molar refractivity (Wildman–Crippen MR) is 148 cm³/mol. The minimum absolute atomic E-state index is 0.0120. The Hall–Kier alpha value is -4.97. The lowest BCUT2D eigenvalue weighted by Crippen LogP contribution is -2.52. The molecule has 2 aromatic heterocycles. The van der Waals surface area contributed by atoms with Crippen molar-refractivity contribution in [1.82, 2.24) is 34.2 Å². The summed E-state index contributed by atoms with van der Waals surface area (Å²) in [5.41, 5.74) is 7.33. The summed E-state index contributed by atoms with van der Waals surface area (Å²) in [4.78, 5) is 50.0. The van der Waals surface area contributed by atoms with Crippen molar-refractivity contribution in [2.75, 3.05) is 45.0 Å². The van der Waals surface area contributed by atoms with Crippen molar-refractivity contribution in [3.05, 3.63) is 83.6 Å². The Morgan fingerprint density at radius 1 is 1.05 bits per heavy atom. The molecule has 2 aliphatic heterocycles. The molecule has 12 heteroatoms. The molecule has 2 aromatic carbocycles. The number of nitrogens with one attached hydrogen (secondary N) is 1. The minimum atomic E-state index is -0.310. The summed E-state index contributed by atoms with van der Waals surface area (Å²) in [6.07, 6.45) is 4.62. The monoisotopic (exact) mass is 540 g/mol. The predicted octanol–water partition coefficient (Wildman–Crippen LogP) is 1.33. The van der Waals surface area contributed by atoms with Crippen molar-refractivity contribution in [3.8, 4) is 17.2 Å². The van der Waals surface area contributed by atoms with Crippen molar-refractivity contribution in [3.63, 3.8) is 0 Å². The maximum Gasteiger partial charge on any atom is 0.335 e. The van der Waals surface area contributed by atoms with Crippen LogP contribution in [-0.4, -0.2) is 80.0 Å². The third-order valence-corrected chi connectivity index (χ3v) is 7.03. The van der Waals surface area contributed by atoms with E-state index in [-0.39, 0.29) is 29.4 Å². The average molecular weight is 541 g/mol. The highest BCUT2D eigenvalue weighted by Crippen LogP contribution is 2.28. The van der Waals surface area contributed by atoms with E-state index in [1.54, 1.807) is 39.8 Å². The van der Waals surface area contributed by atoms with E-state index in [4.69, 9.17) is 10.5 Å². The molecule has 3 N–H and O–H groups in total. The zero-order valence-electron chi connectivity index (χ0n) is 21.6. The van der Waals surface area contributed by atoms with E-state index in [1.165, 1.54) is 17.0 Å². The highest BCUT2D eigenvalue weighted by atomic mass is 16.5. The number of aromatic nitrogens is 4. The minimum Gasteiger partial charge on any atom is -0.457 e. The van der Waals surface area contributed by atoms with Crippen LogP contribution in [0.25, 0.3) is 16.9 Å². The van der Waals surface area contributed by atoms with E-state index >= 15 is 0 Å². The fourth-order valence-electron chi connectivity index (χ4n) is 4.98. The number of piperazine rings is 1. The van der Waals surface area contributed by atoms with Crippen molar-refractivity contribution < 1.29 is 14.3 Å². The van der Waals surface area contributed by atoms with Crippen LogP contribution in [0, 0.1) is 0 Å². The second kappa shape index (κ2) is 10.7. The van der Waals surface area contributed by atoms with Gasteiger partial charge in [0.25, 0.3) is 0 Å². The largest absolute Gasteiger partial charge is 0.457 e. The zero-order valence-corrected chi connectivity index (χ0v) is 21.6. The lowest BCUT2D eigenvalue weighted by molar-refractivity contribution is -0.131. The van der Waals surface area contributed by atoms with Crippen molar-refractivity contribution >= 4 is 28.8 Å². The molecule has 0 atom stereocenters. The topological polar surface area (TPSA) is 141 Å². The SMILES string of the molecule is Nc1ncnc2c1n(-c1ccc(Oc3ccccc3)cc1)c(=O)n2C1CN(C(=O)C=CCN2CCNC(=O)C2)C1. The Morgan fingerprint density at radius 3 is 2.55 bits per heavy atom. The number of nitrogen functional groups attached to an aromatic ring is 1. The molecule has 0 bridgehead atoms. The number of rotatable bonds is 7. The number of ether oxygens (including phenoxy) is 1. The van der Waals surface area contributed by atoms with Gasteiger partial charge in [-0.3, -0.25) is 23.6 Å². The number of nitrogens with zero attached hydrogens (tertiary/aromatic N) is 6. The first-order valence-corrected chi connectivity index (χ1v) is 13.0. The molecular weight excluding hydrogens is 512 g/mol. The van der Waals surface area contributed by atoms with Gasteiger partial charge in [0.05, 0.1) is 18.3 Å². The number of benzene rings is 2. The highest BCUT2D eigenvalue weighted by molar-refractivity contribution is 5.88. The molecule has 0 aliphatic carbocycles. The zero-order chi connectivity index (χ0) is 27.6. The van der Waals surface area contributed by atoms with Gasteiger partial charge in [0, 0.05) is 38.8 Å². The normalized spacial score (nSPS) is 16.3. The Balaban J connectivity index is 1.19. The molecule has 12 nitrogen and oxygen atoms in total. The molecule has 40 heavy (non-hydrogen) atoms. The van der Waals surface area contributed by atoms with Crippen LogP contribution in [0.4, 0.5) is 5.82 Å². The number of likely N-dealkylation sites (tertiary alicyclic amines) is 1. The summed E-state index contributed by atoms with van der Waals surface area (Å²) in [6.45, 7) is 2.93.